The maximum atomic E-state index is 11.6. The standard InChI is InChI=1S/C15H10N4O4S/c1-6-12(13(16)21)24-14-18-11(9(5-20)19(6)14)7-2-3-8-10(4-7)23-15(22)17-8/h2-5H,1H3,(H2,16,21)(H,17,22). The van der Waals surface area contributed by atoms with Crippen LogP contribution in [0.2, 0.25) is 0 Å². The number of carbonyl (C=O) groups excluding carboxylic acids is 2. The van der Waals surface area contributed by atoms with Gasteiger partial charge < -0.3 is 10.2 Å². The summed E-state index contributed by atoms with van der Waals surface area (Å²) < 4.78 is 6.64. The summed E-state index contributed by atoms with van der Waals surface area (Å²) in [5.74, 6) is -1.11. The van der Waals surface area contributed by atoms with Gasteiger partial charge in [0.15, 0.2) is 16.8 Å². The monoisotopic (exact) mass is 342 g/mol. The number of rotatable bonds is 3. The first kappa shape index (κ1) is 14.4. The molecule has 0 aliphatic carbocycles. The Kier molecular flexibility index (Phi) is 2.94. The number of primary amides is 1. The Balaban J connectivity index is 1.99. The highest BCUT2D eigenvalue weighted by molar-refractivity contribution is 7.19. The molecule has 8 nitrogen and oxygen atoms in total. The second-order valence-electron chi connectivity index (χ2n) is 5.19. The Morgan fingerprint density at radius 3 is 2.96 bits per heavy atom. The number of carbonyl (C=O) groups is 2. The molecule has 3 aromatic heterocycles. The molecule has 3 N–H and O–H groups in total. The zero-order valence-electron chi connectivity index (χ0n) is 12.3. The van der Waals surface area contributed by atoms with E-state index in [4.69, 9.17) is 10.2 Å². The number of thiazole rings is 1. The summed E-state index contributed by atoms with van der Waals surface area (Å²) in [7, 11) is 0. The van der Waals surface area contributed by atoms with Crippen molar-refractivity contribution in [3.8, 4) is 11.3 Å². The minimum Gasteiger partial charge on any atom is -0.408 e. The third-order valence-electron chi connectivity index (χ3n) is 3.77. The number of benzene rings is 1. The minimum absolute atomic E-state index is 0.309. The lowest BCUT2D eigenvalue weighted by atomic mass is 10.1. The normalized spacial score (nSPS) is 11.4. The Bertz CT molecular complexity index is 1190. The van der Waals surface area contributed by atoms with Crippen molar-refractivity contribution < 1.29 is 14.0 Å². The number of hydrogen-bond acceptors (Lipinski definition) is 6. The number of nitrogens with one attached hydrogen (secondary N) is 1. The van der Waals surface area contributed by atoms with E-state index in [-0.39, 0.29) is 0 Å². The van der Waals surface area contributed by atoms with Gasteiger partial charge in [-0.15, -0.1) is 0 Å². The SMILES string of the molecule is Cc1c(C(N)=O)sc2nc(-c3ccc4[nH]c(=O)oc4c3)c(C=O)n12. The number of aldehydes is 1. The number of aryl methyl sites for hydroxylation is 1. The van der Waals surface area contributed by atoms with Gasteiger partial charge in [0.25, 0.3) is 5.91 Å². The lowest BCUT2D eigenvalue weighted by Gasteiger charge is -2.00. The highest BCUT2D eigenvalue weighted by atomic mass is 32.1. The van der Waals surface area contributed by atoms with E-state index in [1.165, 1.54) is 0 Å². The van der Waals surface area contributed by atoms with Crippen LogP contribution in [0.3, 0.4) is 0 Å². The van der Waals surface area contributed by atoms with Gasteiger partial charge >= 0.3 is 5.76 Å². The molecular formula is C15H10N4O4S. The molecule has 0 aliphatic heterocycles. The Labute approximate surface area is 137 Å². The molecule has 0 bridgehead atoms. The molecule has 3 heterocycles. The summed E-state index contributed by atoms with van der Waals surface area (Å²) in [6.45, 7) is 1.70. The molecule has 0 fully saturated rings. The number of aromatic amines is 1. The molecule has 0 spiro atoms. The van der Waals surface area contributed by atoms with Gasteiger partial charge in [0.1, 0.15) is 16.3 Å². The van der Waals surface area contributed by atoms with E-state index < -0.39 is 11.7 Å². The molecule has 1 aromatic carbocycles. The van der Waals surface area contributed by atoms with Crippen molar-refractivity contribution in [2.24, 2.45) is 5.73 Å². The molecule has 0 radical (unpaired) electrons. The van der Waals surface area contributed by atoms with E-state index in [9.17, 15) is 14.4 Å². The van der Waals surface area contributed by atoms with Crippen molar-refractivity contribution in [3.05, 3.63) is 45.0 Å². The van der Waals surface area contributed by atoms with Crippen LogP contribution >= 0.6 is 11.3 Å². The Morgan fingerprint density at radius 1 is 1.46 bits per heavy atom. The van der Waals surface area contributed by atoms with E-state index in [0.717, 1.165) is 11.3 Å². The largest absolute Gasteiger partial charge is 0.417 e. The van der Waals surface area contributed by atoms with E-state index in [1.807, 2.05) is 0 Å². The number of oxazole rings is 1. The van der Waals surface area contributed by atoms with Crippen LogP contribution in [0.25, 0.3) is 27.3 Å². The number of fused-ring (bicyclic) bond motifs is 2. The second kappa shape index (κ2) is 4.90. The van der Waals surface area contributed by atoms with E-state index >= 15 is 0 Å². The van der Waals surface area contributed by atoms with E-state index in [1.54, 1.807) is 29.5 Å². The van der Waals surface area contributed by atoms with Crippen molar-refractivity contribution in [1.29, 1.82) is 0 Å². The van der Waals surface area contributed by atoms with Crippen LogP contribution in [0.1, 0.15) is 25.9 Å². The van der Waals surface area contributed by atoms with Gasteiger partial charge in [0.2, 0.25) is 0 Å². The van der Waals surface area contributed by atoms with Crippen LogP contribution in [0.5, 0.6) is 0 Å². The average molecular weight is 342 g/mol. The van der Waals surface area contributed by atoms with Crippen LogP contribution in [-0.2, 0) is 0 Å². The molecule has 0 atom stereocenters. The van der Waals surface area contributed by atoms with Gasteiger partial charge in [-0.3, -0.25) is 19.0 Å². The highest BCUT2D eigenvalue weighted by Crippen LogP contribution is 2.31. The average Bonchev–Trinajstić information content (AvgIpc) is 3.17. The Hall–Kier alpha value is -3.20. The van der Waals surface area contributed by atoms with Gasteiger partial charge in [-0.1, -0.05) is 17.4 Å². The quantitative estimate of drug-likeness (QED) is 0.549. The van der Waals surface area contributed by atoms with Crippen molar-refractivity contribution in [2.45, 2.75) is 6.92 Å². The molecule has 4 aromatic rings. The second-order valence-corrected chi connectivity index (χ2v) is 6.17. The maximum Gasteiger partial charge on any atom is 0.417 e. The van der Waals surface area contributed by atoms with Crippen molar-refractivity contribution in [1.82, 2.24) is 14.4 Å². The van der Waals surface area contributed by atoms with Crippen LogP contribution < -0.4 is 11.5 Å². The fraction of sp³-hybridized carbons (Fsp3) is 0.0667. The van der Waals surface area contributed by atoms with Gasteiger partial charge in [-0.25, -0.2) is 9.78 Å². The van der Waals surface area contributed by atoms with E-state index in [0.29, 0.717) is 49.9 Å². The third kappa shape index (κ3) is 1.91. The summed E-state index contributed by atoms with van der Waals surface area (Å²) in [5.41, 5.74) is 8.22. The van der Waals surface area contributed by atoms with Crippen molar-refractivity contribution in [2.75, 3.05) is 0 Å². The predicted octanol–water partition coefficient (Wildman–Crippen LogP) is 1.72. The number of nitrogens with zero attached hydrogens (tertiary/aromatic N) is 2. The molecule has 1 amide bonds. The van der Waals surface area contributed by atoms with E-state index in [2.05, 4.69) is 9.97 Å². The van der Waals surface area contributed by atoms with Gasteiger partial charge in [-0.05, 0) is 19.1 Å². The minimum atomic E-state index is -0.558. The summed E-state index contributed by atoms with van der Waals surface area (Å²) >= 11 is 1.12. The number of H-pyrrole nitrogens is 1. The van der Waals surface area contributed by atoms with Crippen LogP contribution in [0, 0.1) is 6.92 Å². The van der Waals surface area contributed by atoms with Crippen molar-refractivity contribution in [3.63, 3.8) is 0 Å². The molecule has 4 rings (SSSR count). The molecule has 24 heavy (non-hydrogen) atoms. The molecule has 0 saturated heterocycles. The summed E-state index contributed by atoms with van der Waals surface area (Å²) in [4.78, 5) is 42.2. The third-order valence-corrected chi connectivity index (χ3v) is 4.93. The molecule has 120 valence electrons. The molecule has 0 aliphatic rings. The topological polar surface area (TPSA) is 123 Å². The first-order valence-electron chi connectivity index (χ1n) is 6.89. The summed E-state index contributed by atoms with van der Waals surface area (Å²) in [6, 6.07) is 5.05. The van der Waals surface area contributed by atoms with Crippen LogP contribution in [0.15, 0.2) is 27.4 Å². The van der Waals surface area contributed by atoms with Gasteiger partial charge in [-0.2, -0.15) is 0 Å². The Morgan fingerprint density at radius 2 is 2.25 bits per heavy atom. The predicted molar refractivity (Wildman–Crippen MR) is 87.5 cm³/mol. The smallest absolute Gasteiger partial charge is 0.408 e. The first-order chi connectivity index (χ1) is 11.5. The molecule has 0 saturated carbocycles. The molecule has 0 unspecified atom stereocenters. The molecular weight excluding hydrogens is 332 g/mol. The van der Waals surface area contributed by atoms with Crippen molar-refractivity contribution >= 4 is 39.6 Å². The molecule has 9 heteroatoms. The summed E-state index contributed by atoms with van der Waals surface area (Å²) in [5, 5.41) is 0. The van der Waals surface area contributed by atoms with Gasteiger partial charge in [0.05, 0.1) is 5.52 Å². The lowest BCUT2D eigenvalue weighted by molar-refractivity contribution is 0.100. The summed E-state index contributed by atoms with van der Waals surface area (Å²) in [6.07, 6.45) is 0.678. The number of nitrogens with two attached hydrogens (primary N) is 1. The first-order valence-corrected chi connectivity index (χ1v) is 7.71. The number of aromatic nitrogens is 3. The highest BCUT2D eigenvalue weighted by Gasteiger charge is 2.21. The fourth-order valence-electron chi connectivity index (χ4n) is 2.71. The fourth-order valence-corrected chi connectivity index (χ4v) is 3.70. The number of imidazole rings is 1. The number of amides is 1. The zero-order valence-corrected chi connectivity index (χ0v) is 13.1. The van der Waals surface area contributed by atoms with Crippen LogP contribution in [0.4, 0.5) is 0 Å². The van der Waals surface area contributed by atoms with Crippen LogP contribution in [-0.4, -0.2) is 26.6 Å². The number of hydrogen-bond donors (Lipinski definition) is 2. The maximum absolute atomic E-state index is 11.6. The van der Waals surface area contributed by atoms with Gasteiger partial charge in [0, 0.05) is 11.3 Å². The lowest BCUT2D eigenvalue weighted by Crippen LogP contribution is -2.11. The zero-order chi connectivity index (χ0) is 17.0.